The Balaban J connectivity index is 1.24. The first-order chi connectivity index (χ1) is 21.7. The molecule has 0 N–H and O–H groups in total. The third-order valence-electron chi connectivity index (χ3n) is 6.77. The van der Waals surface area contributed by atoms with Gasteiger partial charge in [0.1, 0.15) is 12.1 Å². The molecule has 2 amide bonds. The van der Waals surface area contributed by atoms with E-state index in [2.05, 4.69) is 19.8 Å². The molecule has 0 aliphatic carbocycles. The number of hydrogen-bond acceptors (Lipinski definition) is 7. The number of hydrogen-bond donors (Lipinski definition) is 0. The molecule has 0 bridgehead atoms. The fourth-order valence-corrected chi connectivity index (χ4v) is 5.40. The zero-order valence-corrected chi connectivity index (χ0v) is 25.4. The summed E-state index contributed by atoms with van der Waals surface area (Å²) in [5.74, 6) is -3.97. The number of ether oxygens (including phenoxy) is 2. The molecule has 1 saturated heterocycles. The molecule has 1 aliphatic heterocycles. The minimum absolute atomic E-state index is 0.0381. The maximum atomic E-state index is 15.0. The number of carbonyl (C=O) groups excluding carboxylic acids is 2. The molecule has 0 radical (unpaired) electrons. The molecule has 3 aromatic carbocycles. The molecule has 2 heterocycles. The molecule has 46 heavy (non-hydrogen) atoms. The third-order valence-corrected chi connectivity index (χ3v) is 7.69. The number of aliphatic imine (C=N–C) groups is 1. The summed E-state index contributed by atoms with van der Waals surface area (Å²) in [5.41, 5.74) is 2.68. The van der Waals surface area contributed by atoms with Gasteiger partial charge in [-0.2, -0.15) is 13.8 Å². The zero-order valence-electron chi connectivity index (χ0n) is 24.6. The fourth-order valence-electron chi connectivity index (χ4n) is 4.55. The number of alkyl halides is 5. The molecule has 1 aromatic heterocycles. The number of rotatable bonds is 8. The van der Waals surface area contributed by atoms with Crippen molar-refractivity contribution in [2.24, 2.45) is 4.99 Å². The highest BCUT2D eigenvalue weighted by Crippen LogP contribution is 2.35. The van der Waals surface area contributed by atoms with E-state index in [1.807, 2.05) is 39.0 Å². The number of amides is 2. The number of thioether (sulfide) groups is 1. The summed E-state index contributed by atoms with van der Waals surface area (Å²) in [6.07, 6.45) is -4.76. The van der Waals surface area contributed by atoms with Crippen LogP contribution in [0, 0.1) is 6.92 Å². The Morgan fingerprint density at radius 1 is 1.02 bits per heavy atom. The van der Waals surface area contributed by atoms with E-state index in [0.29, 0.717) is 16.9 Å². The van der Waals surface area contributed by atoms with E-state index < -0.39 is 36.3 Å². The van der Waals surface area contributed by atoms with Crippen molar-refractivity contribution in [3.8, 4) is 22.8 Å². The third kappa shape index (κ3) is 7.53. The van der Waals surface area contributed by atoms with Crippen LogP contribution in [0.3, 0.4) is 0 Å². The van der Waals surface area contributed by atoms with Crippen LogP contribution in [0.5, 0.6) is 5.75 Å². The Bertz CT molecular complexity index is 1770. The molecule has 15 heteroatoms. The quantitative estimate of drug-likeness (QED) is 0.179. The summed E-state index contributed by atoms with van der Waals surface area (Å²) in [6.45, 7) is 4.51. The van der Waals surface area contributed by atoms with Gasteiger partial charge < -0.3 is 9.47 Å². The highest BCUT2D eigenvalue weighted by molar-refractivity contribution is 8.15. The van der Waals surface area contributed by atoms with Crippen LogP contribution in [-0.2, 0) is 15.5 Å². The maximum absolute atomic E-state index is 15.0. The summed E-state index contributed by atoms with van der Waals surface area (Å²) in [6, 6.07) is 15.6. The smallest absolute Gasteiger partial charge is 0.441 e. The number of carbonyl (C=O) groups is 2. The topological polar surface area (TPSA) is 98.9 Å². The minimum atomic E-state index is -4.82. The number of benzene rings is 3. The number of halogens is 5. The molecule has 0 spiro atoms. The lowest BCUT2D eigenvalue weighted by Crippen LogP contribution is -2.31. The van der Waals surface area contributed by atoms with E-state index >= 15 is 8.78 Å². The van der Waals surface area contributed by atoms with Crippen LogP contribution in [0.15, 0.2) is 78.0 Å². The van der Waals surface area contributed by atoms with Gasteiger partial charge in [0.05, 0.1) is 17.1 Å². The molecular weight excluding hydrogens is 633 g/mol. The minimum Gasteiger partial charge on any atom is -0.441 e. The van der Waals surface area contributed by atoms with Crippen molar-refractivity contribution >= 4 is 34.6 Å². The maximum Gasteiger partial charge on any atom is 0.573 e. The summed E-state index contributed by atoms with van der Waals surface area (Å²) in [5, 5.41) is 4.30. The average molecular weight is 660 g/mol. The lowest BCUT2D eigenvalue weighted by molar-refractivity contribution is -0.274. The van der Waals surface area contributed by atoms with E-state index in [1.165, 1.54) is 40.2 Å². The second-order valence-corrected chi connectivity index (χ2v) is 11.5. The van der Waals surface area contributed by atoms with Crippen LogP contribution in [0.2, 0.25) is 0 Å². The molecule has 0 saturated carbocycles. The number of nitrogens with zero attached hydrogens (tertiary/aromatic N) is 5. The Hall–Kier alpha value is -4.79. The van der Waals surface area contributed by atoms with Crippen molar-refractivity contribution in [2.75, 3.05) is 17.3 Å². The van der Waals surface area contributed by atoms with Gasteiger partial charge in [0.25, 0.3) is 0 Å². The van der Waals surface area contributed by atoms with Crippen molar-refractivity contribution < 1.29 is 41.0 Å². The van der Waals surface area contributed by atoms with Crippen molar-refractivity contribution in [2.45, 2.75) is 39.0 Å². The van der Waals surface area contributed by atoms with Gasteiger partial charge in [-0.3, -0.25) is 9.69 Å². The number of anilines is 1. The Labute approximate surface area is 264 Å². The second kappa shape index (κ2) is 12.9. The Morgan fingerprint density at radius 3 is 2.37 bits per heavy atom. The first-order valence-corrected chi connectivity index (χ1v) is 14.8. The summed E-state index contributed by atoms with van der Waals surface area (Å²) in [4.78, 5) is 34.5. The van der Waals surface area contributed by atoms with E-state index in [4.69, 9.17) is 4.74 Å². The van der Waals surface area contributed by atoms with E-state index in [-0.39, 0.29) is 28.6 Å². The first kappa shape index (κ1) is 32.6. The molecule has 4 aromatic rings. The van der Waals surface area contributed by atoms with Crippen molar-refractivity contribution in [1.82, 2.24) is 14.8 Å². The van der Waals surface area contributed by atoms with Crippen LogP contribution in [-0.4, -0.2) is 50.7 Å². The van der Waals surface area contributed by atoms with Gasteiger partial charge in [-0.15, -0.1) is 18.3 Å². The average Bonchev–Trinajstić information content (AvgIpc) is 3.63. The predicted octanol–water partition coefficient (Wildman–Crippen LogP) is 7.63. The number of aryl methyl sites for hydroxylation is 1. The van der Waals surface area contributed by atoms with Crippen LogP contribution in [0.4, 0.5) is 32.4 Å². The first-order valence-electron chi connectivity index (χ1n) is 13.8. The summed E-state index contributed by atoms with van der Waals surface area (Å²) >= 11 is 1.02. The molecule has 240 valence electrons. The molecule has 9 nitrogen and oxygen atoms in total. The summed E-state index contributed by atoms with van der Waals surface area (Å²) < 4.78 is 77.2. The molecule has 1 fully saturated rings. The molecule has 0 atom stereocenters. The number of aromatic nitrogens is 3. The van der Waals surface area contributed by atoms with Crippen LogP contribution >= 0.6 is 11.8 Å². The van der Waals surface area contributed by atoms with Gasteiger partial charge in [0.15, 0.2) is 17.6 Å². The molecule has 0 unspecified atom stereocenters. The lowest BCUT2D eigenvalue weighted by atomic mass is 9.99. The Kier molecular flexibility index (Phi) is 9.15. The molecule has 1 aliphatic rings. The Morgan fingerprint density at radius 2 is 1.72 bits per heavy atom. The van der Waals surface area contributed by atoms with Crippen LogP contribution in [0.1, 0.15) is 36.5 Å². The zero-order chi connectivity index (χ0) is 33.2. The molecular formula is C31H26F5N5O4S. The van der Waals surface area contributed by atoms with Gasteiger partial charge in [-0.1, -0.05) is 62.0 Å². The van der Waals surface area contributed by atoms with Gasteiger partial charge in [-0.05, 0) is 54.3 Å². The monoisotopic (exact) mass is 659 g/mol. The number of amidine groups is 1. The summed E-state index contributed by atoms with van der Waals surface area (Å²) in [7, 11) is 0. The fraction of sp³-hybridized carbons (Fsp3) is 0.258. The van der Waals surface area contributed by atoms with Gasteiger partial charge >= 0.3 is 18.4 Å². The standard InChI is InChI=1S/C31H26F5N5O4S/c1-18(2)24-13-4-19(3)14-25(24)41-26(42)15-46-28(41)38-29(43)44-16-30(32,33)21-7-5-20(6-8-21)27-37-17-40(39-27)22-9-11-23(12-10-22)45-31(34,35)36/h4-14,17-18H,15-16H2,1-3H3. The van der Waals surface area contributed by atoms with Crippen LogP contribution < -0.4 is 9.64 Å². The van der Waals surface area contributed by atoms with Gasteiger partial charge in [0, 0.05) is 11.1 Å². The van der Waals surface area contributed by atoms with Crippen molar-refractivity contribution in [3.63, 3.8) is 0 Å². The van der Waals surface area contributed by atoms with Gasteiger partial charge in [0.2, 0.25) is 5.91 Å². The highest BCUT2D eigenvalue weighted by Gasteiger charge is 2.36. The second-order valence-electron chi connectivity index (χ2n) is 10.5. The van der Waals surface area contributed by atoms with Gasteiger partial charge in [-0.25, -0.2) is 14.5 Å². The normalized spacial score (nSPS) is 14.8. The van der Waals surface area contributed by atoms with Crippen molar-refractivity contribution in [1.29, 1.82) is 0 Å². The molecule has 5 rings (SSSR count). The predicted molar refractivity (Wildman–Crippen MR) is 161 cm³/mol. The highest BCUT2D eigenvalue weighted by atomic mass is 32.2. The SMILES string of the molecule is Cc1ccc(C(C)C)c(N2C(=O)CSC2=NC(=O)OCC(F)(F)c2ccc(-c3ncn(-c4ccc(OC(F)(F)F)cc4)n3)cc2)c1. The van der Waals surface area contributed by atoms with E-state index in [1.54, 1.807) is 0 Å². The van der Waals surface area contributed by atoms with Crippen molar-refractivity contribution in [3.05, 3.63) is 89.7 Å². The van der Waals surface area contributed by atoms with E-state index in [0.717, 1.165) is 47.2 Å². The largest absolute Gasteiger partial charge is 0.573 e. The van der Waals surface area contributed by atoms with Crippen LogP contribution in [0.25, 0.3) is 17.1 Å². The lowest BCUT2D eigenvalue weighted by Gasteiger charge is -2.22. The van der Waals surface area contributed by atoms with E-state index in [9.17, 15) is 22.8 Å².